The number of hydrogen-bond donors (Lipinski definition) is 1. The lowest BCUT2D eigenvalue weighted by Gasteiger charge is -2.20. The van der Waals surface area contributed by atoms with Crippen LogP contribution < -0.4 is 10.9 Å². The Bertz CT molecular complexity index is 1310. The molecule has 1 N–H and O–H groups in total. The van der Waals surface area contributed by atoms with Crippen molar-refractivity contribution in [3.8, 4) is 0 Å². The van der Waals surface area contributed by atoms with Crippen LogP contribution in [-0.2, 0) is 21.4 Å². The number of carbonyl (C=O) groups is 1. The minimum atomic E-state index is -3.53. The molecule has 1 amide bonds. The predicted octanol–water partition coefficient (Wildman–Crippen LogP) is 3.30. The fraction of sp³-hybridized carbons (Fsp3) is 0.375. The molecular weight excluding hydrogens is 440 g/mol. The molecule has 2 aromatic carbocycles. The molecule has 1 aliphatic heterocycles. The smallest absolute Gasteiger partial charge is 0.261 e. The molecule has 0 spiro atoms. The Labute approximate surface area is 193 Å². The molecule has 9 heteroatoms. The summed E-state index contributed by atoms with van der Waals surface area (Å²) in [5.41, 5.74) is 1.92. The number of sulfonamides is 1. The Morgan fingerprint density at radius 3 is 2.42 bits per heavy atom. The number of aromatic nitrogens is 2. The molecule has 2 heterocycles. The molecule has 0 unspecified atom stereocenters. The highest BCUT2D eigenvalue weighted by atomic mass is 32.2. The van der Waals surface area contributed by atoms with Gasteiger partial charge in [-0.3, -0.25) is 14.2 Å². The van der Waals surface area contributed by atoms with E-state index >= 15 is 0 Å². The van der Waals surface area contributed by atoms with Crippen molar-refractivity contribution < 1.29 is 13.2 Å². The molecule has 174 valence electrons. The minimum Gasteiger partial charge on any atom is -0.326 e. The summed E-state index contributed by atoms with van der Waals surface area (Å²) >= 11 is 0. The van der Waals surface area contributed by atoms with Gasteiger partial charge in [0.05, 0.1) is 22.1 Å². The van der Waals surface area contributed by atoms with E-state index in [0.717, 1.165) is 31.2 Å². The van der Waals surface area contributed by atoms with E-state index in [0.29, 0.717) is 29.7 Å². The summed E-state index contributed by atoms with van der Waals surface area (Å²) in [5, 5.41) is 3.29. The predicted molar refractivity (Wildman–Crippen MR) is 128 cm³/mol. The highest BCUT2D eigenvalue weighted by Crippen LogP contribution is 2.22. The number of hydrogen-bond acceptors (Lipinski definition) is 5. The number of nitrogens with zero attached hydrogens (tertiary/aromatic N) is 3. The minimum absolute atomic E-state index is 0.0900. The van der Waals surface area contributed by atoms with Crippen molar-refractivity contribution in [2.75, 3.05) is 18.4 Å². The van der Waals surface area contributed by atoms with E-state index in [-0.39, 0.29) is 29.3 Å². The van der Waals surface area contributed by atoms with Gasteiger partial charge in [-0.1, -0.05) is 25.0 Å². The van der Waals surface area contributed by atoms with Gasteiger partial charge in [0, 0.05) is 31.7 Å². The number of carbonyl (C=O) groups excluding carboxylic acids is 1. The Hall–Kier alpha value is -3.04. The lowest BCUT2D eigenvalue weighted by Crippen LogP contribution is -2.31. The van der Waals surface area contributed by atoms with Crippen molar-refractivity contribution >= 4 is 32.5 Å². The zero-order chi connectivity index (χ0) is 23.4. The Morgan fingerprint density at radius 2 is 1.73 bits per heavy atom. The molecule has 1 fully saturated rings. The van der Waals surface area contributed by atoms with Crippen LogP contribution in [0.1, 0.15) is 37.7 Å². The molecule has 0 radical (unpaired) electrons. The Balaban J connectivity index is 1.39. The zero-order valence-corrected chi connectivity index (χ0v) is 19.5. The molecule has 1 saturated heterocycles. The maximum Gasteiger partial charge on any atom is 0.261 e. The molecule has 0 aliphatic carbocycles. The van der Waals surface area contributed by atoms with E-state index in [1.54, 1.807) is 22.5 Å². The van der Waals surface area contributed by atoms with Crippen molar-refractivity contribution in [2.45, 2.75) is 50.5 Å². The largest absolute Gasteiger partial charge is 0.326 e. The van der Waals surface area contributed by atoms with Gasteiger partial charge < -0.3 is 5.32 Å². The summed E-state index contributed by atoms with van der Waals surface area (Å²) < 4.78 is 28.7. The van der Waals surface area contributed by atoms with Crippen LogP contribution in [0.5, 0.6) is 0 Å². The average molecular weight is 469 g/mol. The Kier molecular flexibility index (Phi) is 6.90. The van der Waals surface area contributed by atoms with E-state index in [9.17, 15) is 18.0 Å². The van der Waals surface area contributed by atoms with Crippen LogP contribution >= 0.6 is 0 Å². The van der Waals surface area contributed by atoms with Crippen LogP contribution in [0, 0.1) is 6.92 Å². The molecule has 0 atom stereocenters. The number of nitrogens with one attached hydrogen (secondary N) is 1. The first kappa shape index (κ1) is 23.1. The number of benzene rings is 2. The second-order valence-corrected chi connectivity index (χ2v) is 10.3. The van der Waals surface area contributed by atoms with E-state index in [4.69, 9.17) is 0 Å². The van der Waals surface area contributed by atoms with Gasteiger partial charge in [0.15, 0.2) is 0 Å². The maximum absolute atomic E-state index is 12.9. The van der Waals surface area contributed by atoms with Gasteiger partial charge >= 0.3 is 0 Å². The van der Waals surface area contributed by atoms with Crippen LogP contribution in [-0.4, -0.2) is 41.3 Å². The first-order chi connectivity index (χ1) is 15.9. The summed E-state index contributed by atoms with van der Waals surface area (Å²) in [4.78, 5) is 29.7. The lowest BCUT2D eigenvalue weighted by molar-refractivity contribution is -0.116. The molecular formula is C24H28N4O4S. The maximum atomic E-state index is 12.9. The van der Waals surface area contributed by atoms with Gasteiger partial charge in [0.25, 0.3) is 5.56 Å². The standard InChI is InChI=1S/C24H28N4O4S/c1-18-7-6-8-21-23(18)25-17-27(24(21)30)16-13-22(29)26-19-9-11-20(12-10-19)33(31,32)28-14-4-2-3-5-15-28/h6-12,17H,2-5,13-16H2,1H3,(H,26,29). The van der Waals surface area contributed by atoms with Gasteiger partial charge in [0.1, 0.15) is 0 Å². The van der Waals surface area contributed by atoms with Gasteiger partial charge in [-0.05, 0) is 55.7 Å². The van der Waals surface area contributed by atoms with Crippen LogP contribution in [0.4, 0.5) is 5.69 Å². The van der Waals surface area contributed by atoms with Crippen molar-refractivity contribution in [2.24, 2.45) is 0 Å². The quantitative estimate of drug-likeness (QED) is 0.598. The van der Waals surface area contributed by atoms with Crippen molar-refractivity contribution in [1.29, 1.82) is 0 Å². The molecule has 0 saturated carbocycles. The molecule has 33 heavy (non-hydrogen) atoms. The second kappa shape index (κ2) is 9.84. The van der Waals surface area contributed by atoms with Gasteiger partial charge in [0.2, 0.25) is 15.9 Å². The summed E-state index contributed by atoms with van der Waals surface area (Å²) in [7, 11) is -3.53. The number of aryl methyl sites for hydroxylation is 2. The first-order valence-electron chi connectivity index (χ1n) is 11.2. The summed E-state index contributed by atoms with van der Waals surface area (Å²) in [5.74, 6) is -0.269. The molecule has 1 aromatic heterocycles. The van der Waals surface area contributed by atoms with E-state index < -0.39 is 10.0 Å². The SMILES string of the molecule is Cc1cccc2c(=O)n(CCC(=O)Nc3ccc(S(=O)(=O)N4CCCCCC4)cc3)cnc12. The van der Waals surface area contributed by atoms with Crippen LogP contribution in [0.15, 0.2) is 58.5 Å². The highest BCUT2D eigenvalue weighted by Gasteiger charge is 2.25. The third-order valence-electron chi connectivity index (χ3n) is 5.98. The van der Waals surface area contributed by atoms with Crippen LogP contribution in [0.2, 0.25) is 0 Å². The average Bonchev–Trinajstić information content (AvgIpc) is 3.10. The van der Waals surface area contributed by atoms with Crippen molar-refractivity contribution in [3.05, 3.63) is 64.7 Å². The zero-order valence-electron chi connectivity index (χ0n) is 18.7. The van der Waals surface area contributed by atoms with Crippen molar-refractivity contribution in [3.63, 3.8) is 0 Å². The molecule has 3 aromatic rings. The second-order valence-electron chi connectivity index (χ2n) is 8.36. The fourth-order valence-corrected chi connectivity index (χ4v) is 5.60. The van der Waals surface area contributed by atoms with E-state index in [1.165, 1.54) is 23.0 Å². The molecule has 1 aliphatic rings. The first-order valence-corrected chi connectivity index (χ1v) is 12.6. The Morgan fingerprint density at radius 1 is 1.03 bits per heavy atom. The van der Waals surface area contributed by atoms with Crippen LogP contribution in [0.3, 0.4) is 0 Å². The third-order valence-corrected chi connectivity index (χ3v) is 7.89. The van der Waals surface area contributed by atoms with Crippen LogP contribution in [0.25, 0.3) is 10.9 Å². The normalized spacial score (nSPS) is 15.3. The van der Waals surface area contributed by atoms with E-state index in [1.807, 2.05) is 19.1 Å². The monoisotopic (exact) mass is 468 g/mol. The number of amides is 1. The van der Waals surface area contributed by atoms with E-state index in [2.05, 4.69) is 10.3 Å². The fourth-order valence-electron chi connectivity index (χ4n) is 4.08. The topological polar surface area (TPSA) is 101 Å². The van der Waals surface area contributed by atoms with Crippen molar-refractivity contribution in [1.82, 2.24) is 13.9 Å². The summed E-state index contributed by atoms with van der Waals surface area (Å²) in [6, 6.07) is 11.7. The molecule has 8 nitrogen and oxygen atoms in total. The number of rotatable bonds is 6. The molecule has 4 rings (SSSR count). The van der Waals surface area contributed by atoms with Gasteiger partial charge in [-0.25, -0.2) is 13.4 Å². The lowest BCUT2D eigenvalue weighted by atomic mass is 10.1. The third kappa shape index (κ3) is 5.15. The van der Waals surface area contributed by atoms with Gasteiger partial charge in [-0.2, -0.15) is 4.31 Å². The highest BCUT2D eigenvalue weighted by molar-refractivity contribution is 7.89. The summed E-state index contributed by atoms with van der Waals surface area (Å²) in [6.45, 7) is 3.19. The van der Waals surface area contributed by atoms with Gasteiger partial charge in [-0.15, -0.1) is 0 Å². The molecule has 0 bridgehead atoms. The number of anilines is 1. The summed E-state index contributed by atoms with van der Waals surface area (Å²) in [6.07, 6.45) is 5.42. The number of para-hydroxylation sites is 1. The number of fused-ring (bicyclic) bond motifs is 1.